The van der Waals surface area contributed by atoms with Crippen molar-refractivity contribution in [2.75, 3.05) is 25.6 Å². The van der Waals surface area contributed by atoms with Gasteiger partial charge in [-0.1, -0.05) is 6.07 Å². The topological polar surface area (TPSA) is 75.8 Å². The van der Waals surface area contributed by atoms with Gasteiger partial charge in [0.05, 0.1) is 18.1 Å². The van der Waals surface area contributed by atoms with E-state index in [2.05, 4.69) is 0 Å². The number of anilines is 1. The van der Waals surface area contributed by atoms with E-state index in [0.29, 0.717) is 18.2 Å². The fourth-order valence-electron chi connectivity index (χ4n) is 2.50. The van der Waals surface area contributed by atoms with E-state index in [1.807, 2.05) is 11.9 Å². The van der Waals surface area contributed by atoms with Gasteiger partial charge in [-0.05, 0) is 30.9 Å². The SMILES string of the molecule is COc1cccc(N(C)CC2CC(O)C2)c1[N+](=O)[O-]. The summed E-state index contributed by atoms with van der Waals surface area (Å²) in [5.74, 6) is 0.661. The molecule has 1 aliphatic rings. The third-order valence-corrected chi connectivity index (χ3v) is 3.53. The second-order valence-electron chi connectivity index (χ2n) is 4.96. The Hall–Kier alpha value is -1.82. The van der Waals surface area contributed by atoms with Crippen molar-refractivity contribution >= 4 is 11.4 Å². The van der Waals surface area contributed by atoms with Gasteiger partial charge >= 0.3 is 5.69 Å². The Morgan fingerprint density at radius 1 is 1.53 bits per heavy atom. The zero-order valence-corrected chi connectivity index (χ0v) is 11.1. The van der Waals surface area contributed by atoms with E-state index in [1.165, 1.54) is 7.11 Å². The van der Waals surface area contributed by atoms with Gasteiger partial charge in [0.1, 0.15) is 5.69 Å². The van der Waals surface area contributed by atoms with Crippen LogP contribution in [-0.2, 0) is 0 Å². The van der Waals surface area contributed by atoms with Gasteiger partial charge in [0.25, 0.3) is 0 Å². The molecular formula is C13H18N2O4. The fourth-order valence-corrected chi connectivity index (χ4v) is 2.50. The predicted octanol–water partition coefficient (Wildman–Crippen LogP) is 1.81. The molecule has 0 radical (unpaired) electrons. The average molecular weight is 266 g/mol. The van der Waals surface area contributed by atoms with Gasteiger partial charge in [-0.15, -0.1) is 0 Å². The third-order valence-electron chi connectivity index (χ3n) is 3.53. The first-order chi connectivity index (χ1) is 9.02. The predicted molar refractivity (Wildman–Crippen MR) is 71.6 cm³/mol. The molecule has 0 aromatic heterocycles. The van der Waals surface area contributed by atoms with Gasteiger partial charge in [0.15, 0.2) is 5.75 Å². The van der Waals surface area contributed by atoms with Crippen molar-refractivity contribution in [2.45, 2.75) is 18.9 Å². The molecule has 0 atom stereocenters. The minimum atomic E-state index is -0.416. The number of benzene rings is 1. The Balaban J connectivity index is 2.20. The lowest BCUT2D eigenvalue weighted by molar-refractivity contribution is -0.385. The second kappa shape index (κ2) is 5.44. The Bertz CT molecular complexity index is 472. The molecule has 0 spiro atoms. The van der Waals surface area contributed by atoms with Crippen LogP contribution in [0.25, 0.3) is 0 Å². The zero-order valence-electron chi connectivity index (χ0n) is 11.1. The largest absolute Gasteiger partial charge is 0.490 e. The van der Waals surface area contributed by atoms with Gasteiger partial charge in [-0.3, -0.25) is 10.1 Å². The maximum Gasteiger partial charge on any atom is 0.333 e. The van der Waals surface area contributed by atoms with Gasteiger partial charge < -0.3 is 14.7 Å². The molecule has 0 bridgehead atoms. The highest BCUT2D eigenvalue weighted by Gasteiger charge is 2.30. The average Bonchev–Trinajstić information content (AvgIpc) is 2.35. The molecule has 1 N–H and O–H groups in total. The summed E-state index contributed by atoms with van der Waals surface area (Å²) >= 11 is 0. The molecule has 1 saturated carbocycles. The molecule has 6 heteroatoms. The minimum absolute atomic E-state index is 0.00706. The van der Waals surface area contributed by atoms with Crippen molar-refractivity contribution in [3.63, 3.8) is 0 Å². The lowest BCUT2D eigenvalue weighted by Crippen LogP contribution is -2.37. The first kappa shape index (κ1) is 13.6. The molecule has 1 aliphatic carbocycles. The van der Waals surface area contributed by atoms with Gasteiger partial charge in [0, 0.05) is 13.6 Å². The van der Waals surface area contributed by atoms with Crippen LogP contribution in [0, 0.1) is 16.0 Å². The van der Waals surface area contributed by atoms with Crippen molar-refractivity contribution in [2.24, 2.45) is 5.92 Å². The highest BCUT2D eigenvalue weighted by Crippen LogP contribution is 2.38. The van der Waals surface area contributed by atoms with Crippen molar-refractivity contribution < 1.29 is 14.8 Å². The molecule has 0 saturated heterocycles. The molecule has 2 rings (SSSR count). The van der Waals surface area contributed by atoms with Crippen LogP contribution in [-0.4, -0.2) is 36.8 Å². The Labute approximate surface area is 111 Å². The van der Waals surface area contributed by atoms with Crippen LogP contribution >= 0.6 is 0 Å². The van der Waals surface area contributed by atoms with E-state index in [1.54, 1.807) is 18.2 Å². The molecule has 0 heterocycles. The molecule has 104 valence electrons. The number of aliphatic hydroxyl groups excluding tert-OH is 1. The smallest absolute Gasteiger partial charge is 0.333 e. The van der Waals surface area contributed by atoms with Crippen LogP contribution in [0.3, 0.4) is 0 Å². The van der Waals surface area contributed by atoms with Gasteiger partial charge in [0.2, 0.25) is 0 Å². The molecule has 1 aromatic rings. The summed E-state index contributed by atoms with van der Waals surface area (Å²) in [4.78, 5) is 12.6. The van der Waals surface area contributed by atoms with Crippen LogP contribution < -0.4 is 9.64 Å². The van der Waals surface area contributed by atoms with Crippen molar-refractivity contribution in [1.29, 1.82) is 0 Å². The highest BCUT2D eigenvalue weighted by molar-refractivity contribution is 5.69. The number of nitro groups is 1. The maximum absolute atomic E-state index is 11.2. The highest BCUT2D eigenvalue weighted by atomic mass is 16.6. The summed E-state index contributed by atoms with van der Waals surface area (Å²) in [6.45, 7) is 0.699. The Morgan fingerprint density at radius 3 is 2.74 bits per heavy atom. The number of nitro benzene ring substituents is 1. The normalized spacial score (nSPS) is 21.6. The quantitative estimate of drug-likeness (QED) is 0.649. The van der Waals surface area contributed by atoms with E-state index in [0.717, 1.165) is 12.8 Å². The van der Waals surface area contributed by atoms with Crippen LogP contribution in [0.5, 0.6) is 5.75 Å². The van der Waals surface area contributed by atoms with Crippen molar-refractivity contribution in [3.8, 4) is 5.75 Å². The van der Waals surface area contributed by atoms with Gasteiger partial charge in [-0.25, -0.2) is 0 Å². The van der Waals surface area contributed by atoms with E-state index in [4.69, 9.17) is 4.74 Å². The number of rotatable bonds is 5. The number of ether oxygens (including phenoxy) is 1. The number of methoxy groups -OCH3 is 1. The number of nitrogens with zero attached hydrogens (tertiary/aromatic N) is 2. The monoisotopic (exact) mass is 266 g/mol. The fraction of sp³-hybridized carbons (Fsp3) is 0.538. The van der Waals surface area contributed by atoms with Gasteiger partial charge in [-0.2, -0.15) is 0 Å². The molecule has 6 nitrogen and oxygen atoms in total. The van der Waals surface area contributed by atoms with Crippen molar-refractivity contribution in [1.82, 2.24) is 0 Å². The van der Waals surface area contributed by atoms with Crippen molar-refractivity contribution in [3.05, 3.63) is 28.3 Å². The summed E-state index contributed by atoms with van der Waals surface area (Å²) in [5.41, 5.74) is 0.540. The summed E-state index contributed by atoms with van der Waals surface area (Å²) in [5, 5.41) is 20.5. The van der Waals surface area contributed by atoms with E-state index in [9.17, 15) is 15.2 Å². The minimum Gasteiger partial charge on any atom is -0.490 e. The standard InChI is InChI=1S/C13H18N2O4/c1-14(8-9-6-10(16)7-9)11-4-3-5-12(19-2)13(11)15(17)18/h3-5,9-10,16H,6-8H2,1-2H3. The van der Waals surface area contributed by atoms with Crippen LogP contribution in [0.2, 0.25) is 0 Å². The number of para-hydroxylation sites is 1. The van der Waals surface area contributed by atoms with E-state index >= 15 is 0 Å². The number of hydrogen-bond donors (Lipinski definition) is 1. The summed E-state index contributed by atoms with van der Waals surface area (Å²) in [6.07, 6.45) is 1.32. The number of hydrogen-bond acceptors (Lipinski definition) is 5. The Kier molecular flexibility index (Phi) is 3.90. The molecule has 0 amide bonds. The summed E-state index contributed by atoms with van der Waals surface area (Å²) in [7, 11) is 3.25. The molecule has 1 aromatic carbocycles. The maximum atomic E-state index is 11.2. The lowest BCUT2D eigenvalue weighted by atomic mass is 9.82. The van der Waals surface area contributed by atoms with Crippen LogP contribution in [0.1, 0.15) is 12.8 Å². The van der Waals surface area contributed by atoms with Crippen LogP contribution in [0.15, 0.2) is 18.2 Å². The molecule has 0 unspecified atom stereocenters. The summed E-state index contributed by atoms with van der Waals surface area (Å²) in [6, 6.07) is 5.05. The summed E-state index contributed by atoms with van der Waals surface area (Å²) < 4.78 is 5.05. The first-order valence-corrected chi connectivity index (χ1v) is 6.23. The first-order valence-electron chi connectivity index (χ1n) is 6.23. The Morgan fingerprint density at radius 2 is 2.21 bits per heavy atom. The van der Waals surface area contributed by atoms with E-state index in [-0.39, 0.29) is 17.5 Å². The molecule has 1 fully saturated rings. The number of aliphatic hydroxyl groups is 1. The third kappa shape index (κ3) is 2.78. The zero-order chi connectivity index (χ0) is 14.0. The second-order valence-corrected chi connectivity index (χ2v) is 4.96. The molecule has 19 heavy (non-hydrogen) atoms. The molecule has 0 aliphatic heterocycles. The van der Waals surface area contributed by atoms with E-state index < -0.39 is 4.92 Å². The lowest BCUT2D eigenvalue weighted by Gasteiger charge is -2.35. The molecular weight excluding hydrogens is 248 g/mol. The van der Waals surface area contributed by atoms with Crippen LogP contribution in [0.4, 0.5) is 11.4 Å².